The number of carboxylic acid groups (broad SMARTS) is 1. The summed E-state index contributed by atoms with van der Waals surface area (Å²) in [5.41, 5.74) is 4.75. The van der Waals surface area contributed by atoms with Crippen molar-refractivity contribution in [1.82, 2.24) is 9.38 Å². The van der Waals surface area contributed by atoms with E-state index in [9.17, 15) is 9.59 Å². The van der Waals surface area contributed by atoms with Crippen LogP contribution in [0.1, 0.15) is 27.2 Å². The predicted octanol–water partition coefficient (Wildman–Crippen LogP) is 4.03. The van der Waals surface area contributed by atoms with Crippen LogP contribution < -0.4 is 10.1 Å². The smallest absolute Gasteiger partial charge is 0.335 e. The van der Waals surface area contributed by atoms with Crippen molar-refractivity contribution < 1.29 is 14.3 Å². The van der Waals surface area contributed by atoms with Crippen LogP contribution in [0, 0.1) is 13.8 Å². The molecule has 0 unspecified atom stereocenters. The monoisotopic (exact) mass is 416 g/mol. The van der Waals surface area contributed by atoms with E-state index in [0.29, 0.717) is 21.0 Å². The Kier molecular flexibility index (Phi) is 4.08. The molecule has 0 atom stereocenters. The predicted molar refractivity (Wildman–Crippen MR) is 116 cm³/mol. The van der Waals surface area contributed by atoms with Crippen molar-refractivity contribution in [1.29, 1.82) is 0 Å². The highest BCUT2D eigenvalue weighted by Crippen LogP contribution is 2.24. The maximum Gasteiger partial charge on any atom is 0.335 e. The van der Waals surface area contributed by atoms with Crippen LogP contribution in [0.3, 0.4) is 0 Å². The molecule has 0 aliphatic heterocycles. The Labute approximate surface area is 174 Å². The first-order valence-electron chi connectivity index (χ1n) is 9.28. The molecule has 5 rings (SSSR count). The minimum Gasteiger partial charge on any atom is -0.478 e. The van der Waals surface area contributed by atoms with Crippen molar-refractivity contribution in [2.75, 3.05) is 0 Å². The fourth-order valence-corrected chi connectivity index (χ4v) is 4.38. The summed E-state index contributed by atoms with van der Waals surface area (Å²) in [5, 5.41) is 9.01. The molecule has 2 aromatic carbocycles. The highest BCUT2D eigenvalue weighted by Gasteiger charge is 2.13. The standard InChI is InChI=1S/C23H16N2O4S/c1-12-9-17-18(10-13(12)2)25-21(26)20(30-23(25)24-17)11-16-7-8-19(29-16)14-3-5-15(6-4-14)22(27)28/h3-11H,1-2H3,(H,27,28)/b20-11-. The number of fused-ring (bicyclic) bond motifs is 3. The molecule has 0 fully saturated rings. The molecule has 0 aliphatic carbocycles. The minimum absolute atomic E-state index is 0.121. The third-order valence-electron chi connectivity index (χ3n) is 5.17. The zero-order valence-electron chi connectivity index (χ0n) is 16.2. The first-order valence-corrected chi connectivity index (χ1v) is 10.1. The number of hydrogen-bond donors (Lipinski definition) is 1. The lowest BCUT2D eigenvalue weighted by Crippen LogP contribution is -2.22. The highest BCUT2D eigenvalue weighted by atomic mass is 32.1. The number of carboxylic acids is 1. The highest BCUT2D eigenvalue weighted by molar-refractivity contribution is 7.15. The molecule has 6 nitrogen and oxygen atoms in total. The number of benzene rings is 2. The maximum atomic E-state index is 13.0. The fraction of sp³-hybridized carbons (Fsp3) is 0.0870. The molecule has 5 aromatic rings. The van der Waals surface area contributed by atoms with Gasteiger partial charge in [0.25, 0.3) is 5.56 Å². The summed E-state index contributed by atoms with van der Waals surface area (Å²) < 4.78 is 8.05. The van der Waals surface area contributed by atoms with Crippen molar-refractivity contribution in [2.45, 2.75) is 13.8 Å². The topological polar surface area (TPSA) is 84.8 Å². The Morgan fingerprint density at radius 3 is 2.57 bits per heavy atom. The summed E-state index contributed by atoms with van der Waals surface area (Å²) in [7, 11) is 0. The Balaban J connectivity index is 1.57. The zero-order chi connectivity index (χ0) is 21.0. The number of imidazole rings is 1. The van der Waals surface area contributed by atoms with Gasteiger partial charge in [-0.05, 0) is 61.4 Å². The van der Waals surface area contributed by atoms with E-state index >= 15 is 0 Å². The van der Waals surface area contributed by atoms with E-state index in [-0.39, 0.29) is 11.1 Å². The van der Waals surface area contributed by atoms with Gasteiger partial charge in [0.05, 0.1) is 16.6 Å². The average molecular weight is 416 g/mol. The number of aromatic nitrogens is 2. The van der Waals surface area contributed by atoms with Gasteiger partial charge in [-0.2, -0.15) is 0 Å². The number of furan rings is 1. The van der Waals surface area contributed by atoms with Crippen molar-refractivity contribution in [2.24, 2.45) is 0 Å². The Bertz CT molecular complexity index is 1560. The van der Waals surface area contributed by atoms with Crippen molar-refractivity contribution in [3.05, 3.63) is 85.9 Å². The molecule has 0 amide bonds. The quantitative estimate of drug-likeness (QED) is 0.480. The molecule has 0 spiro atoms. The summed E-state index contributed by atoms with van der Waals surface area (Å²) in [6.07, 6.45) is 1.71. The van der Waals surface area contributed by atoms with Gasteiger partial charge >= 0.3 is 5.97 Å². The van der Waals surface area contributed by atoms with E-state index in [4.69, 9.17) is 9.52 Å². The van der Waals surface area contributed by atoms with Crippen molar-refractivity contribution in [3.8, 4) is 11.3 Å². The molecular formula is C23H16N2O4S. The van der Waals surface area contributed by atoms with Gasteiger partial charge in [-0.1, -0.05) is 23.5 Å². The second-order valence-electron chi connectivity index (χ2n) is 7.16. The van der Waals surface area contributed by atoms with Crippen LogP contribution in [0.25, 0.3) is 33.4 Å². The Morgan fingerprint density at radius 1 is 1.10 bits per heavy atom. The van der Waals surface area contributed by atoms with Gasteiger partial charge in [0.2, 0.25) is 0 Å². The van der Waals surface area contributed by atoms with Gasteiger partial charge in [-0.25, -0.2) is 14.2 Å². The lowest BCUT2D eigenvalue weighted by molar-refractivity contribution is 0.0697. The zero-order valence-corrected chi connectivity index (χ0v) is 17.0. The van der Waals surface area contributed by atoms with Crippen LogP contribution in [-0.2, 0) is 0 Å². The number of carbonyl (C=O) groups is 1. The van der Waals surface area contributed by atoms with Gasteiger partial charge in [0.15, 0.2) is 4.96 Å². The number of aromatic carboxylic acids is 1. The summed E-state index contributed by atoms with van der Waals surface area (Å²) in [6.45, 7) is 4.05. The van der Waals surface area contributed by atoms with Gasteiger partial charge in [0.1, 0.15) is 16.1 Å². The fourth-order valence-electron chi connectivity index (χ4n) is 3.41. The molecule has 0 bridgehead atoms. The number of aryl methyl sites for hydroxylation is 2. The number of thiazole rings is 1. The van der Waals surface area contributed by atoms with E-state index in [1.807, 2.05) is 26.0 Å². The number of nitrogens with zero attached hydrogens (tertiary/aromatic N) is 2. The molecule has 0 saturated heterocycles. The molecule has 0 radical (unpaired) electrons. The van der Waals surface area contributed by atoms with Gasteiger partial charge in [0, 0.05) is 11.6 Å². The molecule has 30 heavy (non-hydrogen) atoms. The number of rotatable bonds is 3. The first kappa shape index (κ1) is 18.3. The second-order valence-corrected chi connectivity index (χ2v) is 8.16. The van der Waals surface area contributed by atoms with E-state index in [0.717, 1.165) is 27.7 Å². The second kappa shape index (κ2) is 6.67. The van der Waals surface area contributed by atoms with Gasteiger partial charge < -0.3 is 9.52 Å². The maximum absolute atomic E-state index is 13.0. The van der Waals surface area contributed by atoms with Crippen LogP contribution in [-0.4, -0.2) is 20.5 Å². The summed E-state index contributed by atoms with van der Waals surface area (Å²) in [6, 6.07) is 14.0. The SMILES string of the molecule is Cc1cc2nc3s/c(=C\c4ccc(-c5ccc(C(=O)O)cc5)o4)c(=O)n3c2cc1C. The van der Waals surface area contributed by atoms with Crippen LogP contribution in [0.5, 0.6) is 0 Å². The third kappa shape index (κ3) is 2.91. The lowest BCUT2D eigenvalue weighted by atomic mass is 10.1. The van der Waals surface area contributed by atoms with Gasteiger partial charge in [-0.15, -0.1) is 0 Å². The lowest BCUT2D eigenvalue weighted by Gasteiger charge is -1.98. The first-order chi connectivity index (χ1) is 14.4. The molecule has 3 heterocycles. The van der Waals surface area contributed by atoms with E-state index in [1.165, 1.54) is 23.5 Å². The molecule has 0 aliphatic rings. The van der Waals surface area contributed by atoms with E-state index < -0.39 is 5.97 Å². The number of hydrogen-bond acceptors (Lipinski definition) is 5. The van der Waals surface area contributed by atoms with Gasteiger partial charge in [-0.3, -0.25) is 4.79 Å². The van der Waals surface area contributed by atoms with Crippen molar-refractivity contribution in [3.63, 3.8) is 0 Å². The molecule has 148 valence electrons. The molecular weight excluding hydrogens is 400 g/mol. The molecule has 1 N–H and O–H groups in total. The summed E-state index contributed by atoms with van der Waals surface area (Å²) in [5.74, 6) is 0.173. The van der Waals surface area contributed by atoms with Crippen molar-refractivity contribution >= 4 is 39.4 Å². The Morgan fingerprint density at radius 2 is 1.83 bits per heavy atom. The minimum atomic E-state index is -0.974. The van der Waals surface area contributed by atoms with Crippen LogP contribution in [0.4, 0.5) is 0 Å². The van der Waals surface area contributed by atoms with Crippen LogP contribution >= 0.6 is 11.3 Å². The molecule has 3 aromatic heterocycles. The van der Waals surface area contributed by atoms with E-state index in [1.54, 1.807) is 34.7 Å². The molecule has 7 heteroatoms. The summed E-state index contributed by atoms with van der Waals surface area (Å²) >= 11 is 1.32. The largest absolute Gasteiger partial charge is 0.478 e. The van der Waals surface area contributed by atoms with Crippen LogP contribution in [0.2, 0.25) is 0 Å². The summed E-state index contributed by atoms with van der Waals surface area (Å²) in [4.78, 5) is 29.2. The van der Waals surface area contributed by atoms with E-state index in [2.05, 4.69) is 4.98 Å². The average Bonchev–Trinajstić information content (AvgIpc) is 3.39. The molecule has 0 saturated carbocycles. The normalized spacial score (nSPS) is 12.3. The third-order valence-corrected chi connectivity index (χ3v) is 6.14. The van der Waals surface area contributed by atoms with Crippen LogP contribution in [0.15, 0.2) is 57.7 Å². The Hall–Kier alpha value is -3.71.